The topological polar surface area (TPSA) is 131 Å². The third-order valence-electron chi connectivity index (χ3n) is 6.03. The van der Waals surface area contributed by atoms with E-state index < -0.39 is 44.8 Å². The lowest BCUT2D eigenvalue weighted by Gasteiger charge is -2.49. The number of sulfone groups is 1. The van der Waals surface area contributed by atoms with E-state index in [1.807, 2.05) is 0 Å². The summed E-state index contributed by atoms with van der Waals surface area (Å²) >= 11 is 6.33. The summed E-state index contributed by atoms with van der Waals surface area (Å²) in [7, 11) is -3.59. The van der Waals surface area contributed by atoms with Crippen LogP contribution in [0.4, 0.5) is 15.9 Å². The van der Waals surface area contributed by atoms with Crippen LogP contribution in [0.3, 0.4) is 0 Å². The second kappa shape index (κ2) is 8.45. The average molecular weight is 523 g/mol. The molecule has 4 rings (SSSR count). The number of carbonyl (C=O) groups excluding carboxylic acids is 2. The van der Waals surface area contributed by atoms with E-state index in [0.29, 0.717) is 21.8 Å². The number of hydrogen-bond donors (Lipinski definition) is 1. The number of aromatic nitrogens is 3. The predicted octanol–water partition coefficient (Wildman–Crippen LogP) is 2.16. The van der Waals surface area contributed by atoms with E-state index in [1.54, 1.807) is 13.0 Å². The molecule has 0 radical (unpaired) electrons. The van der Waals surface area contributed by atoms with Crippen molar-refractivity contribution in [3.05, 3.63) is 41.4 Å². The fourth-order valence-electron chi connectivity index (χ4n) is 4.33. The van der Waals surface area contributed by atoms with Gasteiger partial charge < -0.3 is 15.5 Å². The summed E-state index contributed by atoms with van der Waals surface area (Å²) < 4.78 is 39.9. The van der Waals surface area contributed by atoms with Crippen molar-refractivity contribution in [2.75, 3.05) is 29.2 Å². The van der Waals surface area contributed by atoms with Crippen LogP contribution in [0, 0.1) is 5.82 Å². The Morgan fingerprint density at radius 2 is 2.00 bits per heavy atom. The van der Waals surface area contributed by atoms with Crippen LogP contribution < -0.4 is 10.6 Å². The minimum absolute atomic E-state index is 0.0105. The highest BCUT2D eigenvalue weighted by molar-refractivity contribution is 7.91. The molecule has 0 aliphatic carbocycles. The van der Waals surface area contributed by atoms with Crippen molar-refractivity contribution in [3.63, 3.8) is 0 Å². The van der Waals surface area contributed by atoms with Crippen molar-refractivity contribution in [2.24, 2.45) is 0 Å². The van der Waals surface area contributed by atoms with Gasteiger partial charge in [0.05, 0.1) is 22.4 Å². The van der Waals surface area contributed by atoms with Gasteiger partial charge in [0.2, 0.25) is 5.91 Å². The molecule has 2 N–H and O–H groups in total. The minimum atomic E-state index is -3.59. The lowest BCUT2D eigenvalue weighted by molar-refractivity contribution is -0.146. The molecule has 1 aromatic carbocycles. The summed E-state index contributed by atoms with van der Waals surface area (Å²) in [5.74, 6) is -2.40. The quantitative estimate of drug-likeness (QED) is 0.555. The van der Waals surface area contributed by atoms with Gasteiger partial charge in [-0.3, -0.25) is 9.59 Å². The van der Waals surface area contributed by atoms with Gasteiger partial charge in [-0.25, -0.2) is 22.3 Å². The highest BCUT2D eigenvalue weighted by Crippen LogP contribution is 2.36. The summed E-state index contributed by atoms with van der Waals surface area (Å²) in [4.78, 5) is 32.7. The standard InChI is InChI=1S/C22H24ClFN6O4S/c1-12-9-28(18(31)10-35(4,33)34)22(2,3)21(32)29(12)17-7-13(5-6-15(17)24)16-8-14(23)19-20(25)26-11-27-30(16)19/h5-8,11-12H,9-10H2,1-4H3,(H2,25,26,27). The number of fused-ring (bicyclic) bond motifs is 1. The van der Waals surface area contributed by atoms with E-state index in [9.17, 15) is 18.0 Å². The second-order valence-electron chi connectivity index (χ2n) is 9.11. The van der Waals surface area contributed by atoms with Crippen molar-refractivity contribution in [1.82, 2.24) is 19.5 Å². The largest absolute Gasteiger partial charge is 0.382 e. The molecule has 2 aromatic heterocycles. The molecular formula is C22H24ClFN6O4S. The number of benzene rings is 1. The molecule has 10 nitrogen and oxygen atoms in total. The fraction of sp³-hybridized carbons (Fsp3) is 0.364. The summed E-state index contributed by atoms with van der Waals surface area (Å²) in [6.07, 6.45) is 2.23. The van der Waals surface area contributed by atoms with Crippen LogP contribution in [-0.2, 0) is 19.4 Å². The molecular weight excluding hydrogens is 499 g/mol. The molecule has 1 saturated heterocycles. The number of piperazine rings is 1. The maximum Gasteiger partial charge on any atom is 0.252 e. The van der Waals surface area contributed by atoms with Crippen LogP contribution >= 0.6 is 11.6 Å². The Hall–Kier alpha value is -3.25. The zero-order valence-electron chi connectivity index (χ0n) is 19.5. The molecule has 3 aromatic rings. The maximum absolute atomic E-state index is 15.1. The first-order chi connectivity index (χ1) is 16.2. The van der Waals surface area contributed by atoms with E-state index in [-0.39, 0.29) is 18.1 Å². The number of anilines is 2. The summed E-state index contributed by atoms with van der Waals surface area (Å²) in [5, 5.41) is 4.50. The lowest BCUT2D eigenvalue weighted by Crippen LogP contribution is -2.68. The third-order valence-corrected chi connectivity index (χ3v) is 7.09. The Morgan fingerprint density at radius 1 is 1.31 bits per heavy atom. The van der Waals surface area contributed by atoms with Gasteiger partial charge in [-0.15, -0.1) is 0 Å². The Kier molecular flexibility index (Phi) is 6.00. The molecule has 1 atom stereocenters. The monoisotopic (exact) mass is 522 g/mol. The normalized spacial score (nSPS) is 18.3. The van der Waals surface area contributed by atoms with E-state index in [2.05, 4.69) is 10.1 Å². The molecule has 35 heavy (non-hydrogen) atoms. The lowest BCUT2D eigenvalue weighted by atomic mass is 9.93. The maximum atomic E-state index is 15.1. The van der Waals surface area contributed by atoms with E-state index in [0.717, 1.165) is 6.26 Å². The molecule has 186 valence electrons. The number of hydrogen-bond acceptors (Lipinski definition) is 7. The molecule has 3 heterocycles. The van der Waals surface area contributed by atoms with Gasteiger partial charge in [-0.2, -0.15) is 5.10 Å². The van der Waals surface area contributed by atoms with Crippen molar-refractivity contribution >= 4 is 50.3 Å². The molecule has 1 fully saturated rings. The Bertz CT molecular complexity index is 1470. The van der Waals surface area contributed by atoms with Gasteiger partial charge in [0.25, 0.3) is 5.91 Å². The SMILES string of the molecule is CC1CN(C(=O)CS(C)(=O)=O)C(C)(C)C(=O)N1c1cc(-c2cc(Cl)c3c(N)ncnn23)ccc1F. The van der Waals surface area contributed by atoms with Crippen molar-refractivity contribution < 1.29 is 22.4 Å². The minimum Gasteiger partial charge on any atom is -0.382 e. The van der Waals surface area contributed by atoms with E-state index in [1.165, 1.54) is 52.7 Å². The Morgan fingerprint density at radius 3 is 2.66 bits per heavy atom. The second-order valence-corrected chi connectivity index (χ2v) is 11.7. The number of nitrogens with two attached hydrogens (primary N) is 1. The number of nitrogen functional groups attached to an aromatic ring is 1. The molecule has 13 heteroatoms. The number of rotatable bonds is 4. The zero-order chi connectivity index (χ0) is 25.9. The van der Waals surface area contributed by atoms with Crippen LogP contribution in [0.5, 0.6) is 0 Å². The molecule has 1 aliphatic heterocycles. The smallest absolute Gasteiger partial charge is 0.252 e. The first-order valence-corrected chi connectivity index (χ1v) is 13.1. The van der Waals surface area contributed by atoms with Gasteiger partial charge in [-0.1, -0.05) is 11.6 Å². The first kappa shape index (κ1) is 24.9. The van der Waals surface area contributed by atoms with Gasteiger partial charge in [0.1, 0.15) is 29.0 Å². The van der Waals surface area contributed by atoms with Crippen LogP contribution in [0.25, 0.3) is 16.8 Å². The third kappa shape index (κ3) is 4.31. The highest BCUT2D eigenvalue weighted by atomic mass is 35.5. The van der Waals surface area contributed by atoms with Crippen LogP contribution in [0.1, 0.15) is 20.8 Å². The molecule has 0 saturated carbocycles. The highest BCUT2D eigenvalue weighted by Gasteiger charge is 2.48. The van der Waals surface area contributed by atoms with Crippen molar-refractivity contribution in [2.45, 2.75) is 32.4 Å². The molecule has 2 amide bonds. The van der Waals surface area contributed by atoms with Crippen molar-refractivity contribution in [3.8, 4) is 11.3 Å². The fourth-order valence-corrected chi connectivity index (χ4v) is 5.22. The molecule has 1 unspecified atom stereocenters. The van der Waals surface area contributed by atoms with Crippen molar-refractivity contribution in [1.29, 1.82) is 0 Å². The number of nitrogens with zero attached hydrogens (tertiary/aromatic N) is 5. The Balaban J connectivity index is 1.77. The summed E-state index contributed by atoms with van der Waals surface area (Å²) in [5.41, 5.74) is 5.97. The van der Waals surface area contributed by atoms with Gasteiger partial charge >= 0.3 is 0 Å². The predicted molar refractivity (Wildman–Crippen MR) is 130 cm³/mol. The van der Waals surface area contributed by atoms with E-state index >= 15 is 4.39 Å². The van der Waals surface area contributed by atoms with Crippen LogP contribution in [-0.4, -0.2) is 69.9 Å². The first-order valence-electron chi connectivity index (χ1n) is 10.6. The average Bonchev–Trinajstić information content (AvgIpc) is 3.09. The number of amides is 2. The zero-order valence-corrected chi connectivity index (χ0v) is 21.1. The molecule has 1 aliphatic rings. The van der Waals surface area contributed by atoms with Gasteiger partial charge in [0.15, 0.2) is 15.7 Å². The summed E-state index contributed by atoms with van der Waals surface area (Å²) in [6.45, 7) is 4.71. The van der Waals surface area contributed by atoms with Gasteiger partial charge in [-0.05, 0) is 45.0 Å². The molecule has 0 spiro atoms. The van der Waals surface area contributed by atoms with Crippen LogP contribution in [0.2, 0.25) is 5.02 Å². The molecule has 0 bridgehead atoms. The van der Waals surface area contributed by atoms with Gasteiger partial charge in [0, 0.05) is 18.4 Å². The number of carbonyl (C=O) groups is 2. The van der Waals surface area contributed by atoms with Crippen LogP contribution in [0.15, 0.2) is 30.6 Å². The number of halogens is 2. The van der Waals surface area contributed by atoms with E-state index in [4.69, 9.17) is 17.3 Å². The Labute approximate surface area is 206 Å². The summed E-state index contributed by atoms with van der Waals surface area (Å²) in [6, 6.07) is 5.26.